The highest BCUT2D eigenvalue weighted by atomic mass is 16.6. The van der Waals surface area contributed by atoms with E-state index in [9.17, 15) is 24.3 Å². The maximum atomic E-state index is 14.0. The monoisotopic (exact) mass is 507 g/mol. The van der Waals surface area contributed by atoms with Crippen LogP contribution >= 0.6 is 0 Å². The van der Waals surface area contributed by atoms with Gasteiger partial charge in [-0.1, -0.05) is 26.0 Å². The molecule has 36 heavy (non-hydrogen) atoms. The van der Waals surface area contributed by atoms with Crippen molar-refractivity contribution < 1.29 is 33.8 Å². The molecule has 10 heteroatoms. The number of benzene rings is 1. The molecule has 2 unspecified atom stereocenters. The molecular weight excluding hydrogens is 466 g/mol. The number of amides is 3. The van der Waals surface area contributed by atoms with Crippen molar-refractivity contribution in [1.29, 1.82) is 0 Å². The van der Waals surface area contributed by atoms with E-state index in [-0.39, 0.29) is 18.2 Å². The number of alkyl carbamates (subject to hydrolysis) is 1. The molecule has 3 N–H and O–H groups in total. The Morgan fingerprint density at radius 1 is 1.00 bits per heavy atom. The van der Waals surface area contributed by atoms with Gasteiger partial charge in [0.15, 0.2) is 0 Å². The summed E-state index contributed by atoms with van der Waals surface area (Å²) in [7, 11) is 1.20. The Morgan fingerprint density at radius 3 is 2.00 bits per heavy atom. The van der Waals surface area contributed by atoms with Crippen LogP contribution < -0.4 is 10.6 Å². The maximum absolute atomic E-state index is 14.0. The minimum Gasteiger partial charge on any atom is -0.508 e. The van der Waals surface area contributed by atoms with Gasteiger partial charge in [-0.25, -0.2) is 4.79 Å². The van der Waals surface area contributed by atoms with E-state index in [2.05, 4.69) is 15.4 Å². The molecule has 0 spiro atoms. The van der Waals surface area contributed by atoms with Gasteiger partial charge in [-0.15, -0.1) is 0 Å². The number of esters is 1. The molecule has 0 aromatic heterocycles. The number of nitrogens with zero attached hydrogens (tertiary/aromatic N) is 1. The number of ether oxygens (including phenoxy) is 2. The zero-order chi connectivity index (χ0) is 27.8. The standard InChI is InChI=1S/C26H41N3O7/c1-16(2)14-19(28-24(34)36-26(6,7)8)23(33)29(25(3,4)5)21(17-10-12-18(30)13-11-17)22(32)27-15-20(31)35-9/h10-13,16,19,21,30H,14-15H2,1-9H3,(H,27,32)(H,28,34). The fraction of sp³-hybridized carbons (Fsp3) is 0.615. The number of phenols is 1. The van der Waals surface area contributed by atoms with Gasteiger partial charge in [0.2, 0.25) is 11.8 Å². The summed E-state index contributed by atoms with van der Waals surface area (Å²) < 4.78 is 9.98. The Hall–Kier alpha value is -3.30. The van der Waals surface area contributed by atoms with E-state index in [1.54, 1.807) is 41.5 Å². The van der Waals surface area contributed by atoms with E-state index < -0.39 is 47.1 Å². The van der Waals surface area contributed by atoms with Gasteiger partial charge in [0.1, 0.15) is 30.0 Å². The van der Waals surface area contributed by atoms with Gasteiger partial charge in [-0.05, 0) is 71.6 Å². The molecule has 0 bridgehead atoms. The Balaban J connectivity index is 3.53. The predicted molar refractivity (Wildman–Crippen MR) is 135 cm³/mol. The number of phenolic OH excluding ortho intramolecular Hbond substituents is 1. The molecule has 0 aliphatic carbocycles. The SMILES string of the molecule is COC(=O)CNC(=O)C(c1ccc(O)cc1)N(C(=O)C(CC(C)C)NC(=O)OC(C)(C)C)C(C)(C)C. The molecule has 0 fully saturated rings. The lowest BCUT2D eigenvalue weighted by Crippen LogP contribution is -2.59. The number of hydrogen-bond acceptors (Lipinski definition) is 7. The Bertz CT molecular complexity index is 915. The van der Waals surface area contributed by atoms with Gasteiger partial charge in [-0.2, -0.15) is 0 Å². The van der Waals surface area contributed by atoms with Crippen LogP contribution in [0, 0.1) is 5.92 Å². The normalized spacial score (nSPS) is 13.4. The van der Waals surface area contributed by atoms with Crippen LogP contribution in [0.3, 0.4) is 0 Å². The third-order valence-corrected chi connectivity index (χ3v) is 5.01. The number of nitrogens with one attached hydrogen (secondary N) is 2. The molecule has 1 aromatic rings. The molecule has 0 saturated carbocycles. The molecule has 10 nitrogen and oxygen atoms in total. The number of carbonyl (C=O) groups is 4. The molecule has 0 aliphatic rings. The highest BCUT2D eigenvalue weighted by Crippen LogP contribution is 2.31. The molecule has 0 heterocycles. The second-order valence-corrected chi connectivity index (χ2v) is 11.0. The molecule has 1 rings (SSSR count). The molecule has 3 amide bonds. The molecule has 1 aromatic carbocycles. The third-order valence-electron chi connectivity index (χ3n) is 5.01. The minimum absolute atomic E-state index is 0.00891. The Kier molecular flexibility index (Phi) is 10.8. The molecular formula is C26H41N3O7. The van der Waals surface area contributed by atoms with E-state index >= 15 is 0 Å². The third kappa shape index (κ3) is 9.75. The van der Waals surface area contributed by atoms with Crippen molar-refractivity contribution in [2.24, 2.45) is 5.92 Å². The van der Waals surface area contributed by atoms with E-state index in [1.807, 2.05) is 13.8 Å². The van der Waals surface area contributed by atoms with E-state index in [0.717, 1.165) is 0 Å². The summed E-state index contributed by atoms with van der Waals surface area (Å²) in [6, 6.07) is 3.73. The van der Waals surface area contributed by atoms with Crippen LogP contribution in [-0.2, 0) is 23.9 Å². The second kappa shape index (κ2) is 12.6. The van der Waals surface area contributed by atoms with Gasteiger partial charge in [0.05, 0.1) is 7.11 Å². The number of rotatable bonds is 9. The number of methoxy groups -OCH3 is 1. The van der Waals surface area contributed by atoms with Crippen molar-refractivity contribution in [3.8, 4) is 5.75 Å². The second-order valence-electron chi connectivity index (χ2n) is 11.0. The van der Waals surface area contributed by atoms with Crippen LogP contribution in [-0.4, -0.2) is 64.7 Å². The topological polar surface area (TPSA) is 134 Å². The fourth-order valence-electron chi connectivity index (χ4n) is 3.56. The minimum atomic E-state index is -1.17. The van der Waals surface area contributed by atoms with E-state index in [4.69, 9.17) is 4.74 Å². The van der Waals surface area contributed by atoms with Gasteiger partial charge in [0.25, 0.3) is 0 Å². The highest BCUT2D eigenvalue weighted by molar-refractivity contribution is 5.93. The van der Waals surface area contributed by atoms with Gasteiger partial charge in [0, 0.05) is 5.54 Å². The summed E-state index contributed by atoms with van der Waals surface area (Å²) in [5, 5.41) is 15.0. The van der Waals surface area contributed by atoms with Gasteiger partial charge < -0.3 is 30.1 Å². The fourth-order valence-corrected chi connectivity index (χ4v) is 3.56. The van der Waals surface area contributed by atoms with Crippen molar-refractivity contribution >= 4 is 23.9 Å². The highest BCUT2D eigenvalue weighted by Gasteiger charge is 2.42. The molecule has 0 saturated heterocycles. The zero-order valence-electron chi connectivity index (χ0n) is 22.8. The molecule has 0 radical (unpaired) electrons. The van der Waals surface area contributed by atoms with Crippen molar-refractivity contribution in [3.05, 3.63) is 29.8 Å². The molecule has 202 valence electrons. The molecule has 2 atom stereocenters. The summed E-state index contributed by atoms with van der Waals surface area (Å²) in [5.41, 5.74) is -1.23. The summed E-state index contributed by atoms with van der Waals surface area (Å²) in [6.45, 7) is 13.9. The van der Waals surface area contributed by atoms with Crippen LogP contribution in [0.4, 0.5) is 4.79 Å². The first kappa shape index (κ1) is 30.7. The zero-order valence-corrected chi connectivity index (χ0v) is 22.8. The van der Waals surface area contributed by atoms with E-state index in [1.165, 1.54) is 36.3 Å². The van der Waals surface area contributed by atoms with Gasteiger partial charge >= 0.3 is 12.1 Å². The summed E-state index contributed by atoms with van der Waals surface area (Å²) in [6.07, 6.45) is -0.441. The first-order valence-electron chi connectivity index (χ1n) is 11.9. The number of hydrogen-bond donors (Lipinski definition) is 3. The van der Waals surface area contributed by atoms with Crippen molar-refractivity contribution in [2.45, 2.75) is 85.0 Å². The average molecular weight is 508 g/mol. The largest absolute Gasteiger partial charge is 0.508 e. The van der Waals surface area contributed by atoms with Crippen LogP contribution in [0.2, 0.25) is 0 Å². The Morgan fingerprint density at radius 2 is 1.56 bits per heavy atom. The lowest BCUT2D eigenvalue weighted by atomic mass is 9.93. The quantitative estimate of drug-likeness (QED) is 0.437. The summed E-state index contributed by atoms with van der Waals surface area (Å²) in [5.74, 6) is -1.73. The van der Waals surface area contributed by atoms with Gasteiger partial charge in [-0.3, -0.25) is 14.4 Å². The van der Waals surface area contributed by atoms with Crippen LogP contribution in [0.1, 0.15) is 73.4 Å². The average Bonchev–Trinajstić information content (AvgIpc) is 2.72. The summed E-state index contributed by atoms with van der Waals surface area (Å²) >= 11 is 0. The predicted octanol–water partition coefficient (Wildman–Crippen LogP) is 3.29. The smallest absolute Gasteiger partial charge is 0.408 e. The van der Waals surface area contributed by atoms with Crippen LogP contribution in [0.15, 0.2) is 24.3 Å². The van der Waals surface area contributed by atoms with Crippen molar-refractivity contribution in [3.63, 3.8) is 0 Å². The summed E-state index contributed by atoms with van der Waals surface area (Å²) in [4.78, 5) is 53.1. The Labute approximate surface area is 213 Å². The number of aromatic hydroxyl groups is 1. The van der Waals surface area contributed by atoms with Crippen molar-refractivity contribution in [2.75, 3.05) is 13.7 Å². The first-order valence-corrected chi connectivity index (χ1v) is 11.9. The number of carbonyl (C=O) groups excluding carboxylic acids is 4. The van der Waals surface area contributed by atoms with Crippen molar-refractivity contribution in [1.82, 2.24) is 15.5 Å². The lowest BCUT2D eigenvalue weighted by molar-refractivity contribution is -0.149. The van der Waals surface area contributed by atoms with Crippen LogP contribution in [0.25, 0.3) is 0 Å². The van der Waals surface area contributed by atoms with E-state index in [0.29, 0.717) is 12.0 Å². The lowest BCUT2D eigenvalue weighted by Gasteiger charge is -2.43. The first-order chi connectivity index (χ1) is 16.5. The maximum Gasteiger partial charge on any atom is 0.408 e. The molecule has 0 aliphatic heterocycles. The van der Waals surface area contributed by atoms with Crippen LogP contribution in [0.5, 0.6) is 5.75 Å².